The van der Waals surface area contributed by atoms with Gasteiger partial charge in [-0.2, -0.15) is 0 Å². The van der Waals surface area contributed by atoms with Crippen molar-refractivity contribution in [2.24, 2.45) is 0 Å². The number of hydrogen-bond donors (Lipinski definition) is 1. The highest BCUT2D eigenvalue weighted by molar-refractivity contribution is 5.38. The predicted molar refractivity (Wildman–Crippen MR) is 84.4 cm³/mol. The van der Waals surface area contributed by atoms with E-state index in [1.54, 1.807) is 7.11 Å². The first-order valence-electron chi connectivity index (χ1n) is 7.02. The van der Waals surface area contributed by atoms with E-state index in [0.717, 1.165) is 12.2 Å². The molecule has 0 aliphatic heterocycles. The molecule has 20 heavy (non-hydrogen) atoms. The molecule has 0 radical (unpaired) electrons. The highest BCUT2D eigenvalue weighted by atomic mass is 16.5. The Morgan fingerprint density at radius 3 is 2.45 bits per heavy atom. The molecule has 0 aliphatic rings. The average molecular weight is 269 g/mol. The van der Waals surface area contributed by atoms with Crippen molar-refractivity contribution in [3.8, 4) is 5.75 Å². The maximum atomic E-state index is 5.47. The topological polar surface area (TPSA) is 21.3 Å². The van der Waals surface area contributed by atoms with Gasteiger partial charge in [0, 0.05) is 11.6 Å². The van der Waals surface area contributed by atoms with Crippen molar-refractivity contribution < 1.29 is 4.74 Å². The number of para-hydroxylation sites is 1. The van der Waals surface area contributed by atoms with Crippen molar-refractivity contribution >= 4 is 0 Å². The fourth-order valence-electron chi connectivity index (χ4n) is 2.49. The van der Waals surface area contributed by atoms with Gasteiger partial charge >= 0.3 is 0 Å². The lowest BCUT2D eigenvalue weighted by Crippen LogP contribution is -2.19. The van der Waals surface area contributed by atoms with Gasteiger partial charge in [0.15, 0.2) is 0 Å². The van der Waals surface area contributed by atoms with E-state index in [1.807, 2.05) is 19.2 Å². The van der Waals surface area contributed by atoms with E-state index in [2.05, 4.69) is 49.5 Å². The highest BCUT2D eigenvalue weighted by Gasteiger charge is 2.14. The Bertz CT molecular complexity index is 577. The Balaban J connectivity index is 2.26. The summed E-state index contributed by atoms with van der Waals surface area (Å²) in [4.78, 5) is 0. The molecule has 0 aliphatic carbocycles. The van der Waals surface area contributed by atoms with Gasteiger partial charge in [-0.1, -0.05) is 36.4 Å². The average Bonchev–Trinajstić information content (AvgIpc) is 2.48. The molecule has 0 saturated heterocycles. The number of ether oxygens (including phenoxy) is 1. The molecule has 0 fully saturated rings. The maximum Gasteiger partial charge on any atom is 0.123 e. The molecular formula is C18H23NO. The number of methoxy groups -OCH3 is 1. The summed E-state index contributed by atoms with van der Waals surface area (Å²) in [5.41, 5.74) is 5.23. The summed E-state index contributed by atoms with van der Waals surface area (Å²) < 4.78 is 5.47. The predicted octanol–water partition coefficient (Wildman–Crippen LogP) is 3.82. The molecule has 2 aromatic carbocycles. The van der Waals surface area contributed by atoms with E-state index >= 15 is 0 Å². The lowest BCUT2D eigenvalue weighted by molar-refractivity contribution is 0.401. The van der Waals surface area contributed by atoms with E-state index in [4.69, 9.17) is 4.74 Å². The molecule has 106 valence electrons. The molecule has 1 N–H and O–H groups in total. The first kappa shape index (κ1) is 14.6. The number of hydrogen-bond acceptors (Lipinski definition) is 2. The second-order valence-corrected chi connectivity index (χ2v) is 5.21. The van der Waals surface area contributed by atoms with E-state index in [9.17, 15) is 0 Å². The second-order valence-electron chi connectivity index (χ2n) is 5.21. The quantitative estimate of drug-likeness (QED) is 0.891. The standard InChI is InChI=1S/C18H23NO/c1-13-9-10-15(11-14(13)2)12-17(19-3)16-7-5-6-8-18(16)20-4/h5-11,17,19H,12H2,1-4H3. The first-order valence-corrected chi connectivity index (χ1v) is 7.02. The molecule has 1 unspecified atom stereocenters. The van der Waals surface area contributed by atoms with Gasteiger partial charge in [0.1, 0.15) is 5.75 Å². The van der Waals surface area contributed by atoms with Crippen LogP contribution in [0.15, 0.2) is 42.5 Å². The van der Waals surface area contributed by atoms with Gasteiger partial charge in [-0.3, -0.25) is 0 Å². The molecule has 2 rings (SSSR count). The van der Waals surface area contributed by atoms with Crippen LogP contribution >= 0.6 is 0 Å². The Kier molecular flexibility index (Phi) is 4.80. The third kappa shape index (κ3) is 3.20. The first-order chi connectivity index (χ1) is 9.65. The molecule has 1 atom stereocenters. The van der Waals surface area contributed by atoms with E-state index < -0.39 is 0 Å². The van der Waals surface area contributed by atoms with Crippen LogP contribution in [0, 0.1) is 13.8 Å². The van der Waals surface area contributed by atoms with Gasteiger partial charge in [-0.05, 0) is 50.1 Å². The van der Waals surface area contributed by atoms with Crippen LogP contribution in [0.25, 0.3) is 0 Å². The van der Waals surface area contributed by atoms with Gasteiger partial charge in [-0.25, -0.2) is 0 Å². The van der Waals surface area contributed by atoms with Crippen LogP contribution in [0.4, 0.5) is 0 Å². The summed E-state index contributed by atoms with van der Waals surface area (Å²) in [5, 5.41) is 3.40. The molecule has 0 aromatic heterocycles. The Morgan fingerprint density at radius 2 is 1.80 bits per heavy atom. The zero-order valence-electron chi connectivity index (χ0n) is 12.7. The van der Waals surface area contributed by atoms with Crippen molar-refractivity contribution in [2.45, 2.75) is 26.3 Å². The molecule has 2 heteroatoms. The van der Waals surface area contributed by atoms with E-state index in [0.29, 0.717) is 0 Å². The lowest BCUT2D eigenvalue weighted by atomic mass is 9.96. The van der Waals surface area contributed by atoms with Crippen molar-refractivity contribution in [2.75, 3.05) is 14.2 Å². The zero-order valence-corrected chi connectivity index (χ0v) is 12.7. The fourth-order valence-corrected chi connectivity index (χ4v) is 2.49. The number of nitrogens with one attached hydrogen (secondary N) is 1. The highest BCUT2D eigenvalue weighted by Crippen LogP contribution is 2.27. The minimum absolute atomic E-state index is 0.258. The zero-order chi connectivity index (χ0) is 14.5. The Morgan fingerprint density at radius 1 is 1.05 bits per heavy atom. The third-order valence-corrected chi connectivity index (χ3v) is 3.87. The van der Waals surface area contributed by atoms with Crippen LogP contribution in [0.1, 0.15) is 28.3 Å². The van der Waals surface area contributed by atoms with E-state index in [-0.39, 0.29) is 6.04 Å². The van der Waals surface area contributed by atoms with Crippen molar-refractivity contribution in [1.82, 2.24) is 5.32 Å². The van der Waals surface area contributed by atoms with Crippen LogP contribution in [-0.4, -0.2) is 14.2 Å². The van der Waals surface area contributed by atoms with Crippen molar-refractivity contribution in [3.05, 3.63) is 64.7 Å². The molecule has 0 bridgehead atoms. The summed E-state index contributed by atoms with van der Waals surface area (Å²) in [6.07, 6.45) is 0.956. The number of benzene rings is 2. The van der Waals surface area contributed by atoms with Crippen molar-refractivity contribution in [1.29, 1.82) is 0 Å². The number of rotatable bonds is 5. The van der Waals surface area contributed by atoms with Gasteiger partial charge in [0.25, 0.3) is 0 Å². The summed E-state index contributed by atoms with van der Waals surface area (Å²) in [6.45, 7) is 4.31. The number of likely N-dealkylation sites (N-methyl/N-ethyl adjacent to an activating group) is 1. The SMILES string of the molecule is CNC(Cc1ccc(C)c(C)c1)c1ccccc1OC. The van der Waals surface area contributed by atoms with Gasteiger partial charge in [0.2, 0.25) is 0 Å². The molecule has 0 amide bonds. The van der Waals surface area contributed by atoms with Crippen LogP contribution < -0.4 is 10.1 Å². The molecular weight excluding hydrogens is 246 g/mol. The van der Waals surface area contributed by atoms with Crippen LogP contribution in [0.3, 0.4) is 0 Å². The van der Waals surface area contributed by atoms with Crippen LogP contribution in [0.5, 0.6) is 5.75 Å². The molecule has 2 aromatic rings. The molecule has 0 heterocycles. The lowest BCUT2D eigenvalue weighted by Gasteiger charge is -2.20. The minimum Gasteiger partial charge on any atom is -0.496 e. The van der Waals surface area contributed by atoms with Gasteiger partial charge in [0.05, 0.1) is 7.11 Å². The maximum absolute atomic E-state index is 5.47. The fraction of sp³-hybridized carbons (Fsp3) is 0.333. The summed E-state index contributed by atoms with van der Waals surface area (Å²) in [5.74, 6) is 0.940. The largest absolute Gasteiger partial charge is 0.496 e. The minimum atomic E-state index is 0.258. The molecule has 0 saturated carbocycles. The summed E-state index contributed by atoms with van der Waals surface area (Å²) in [6, 6.07) is 15.1. The Labute approximate surface area is 121 Å². The molecule has 2 nitrogen and oxygen atoms in total. The number of aryl methyl sites for hydroxylation is 2. The van der Waals surface area contributed by atoms with Crippen LogP contribution in [-0.2, 0) is 6.42 Å². The normalized spacial score (nSPS) is 12.2. The monoisotopic (exact) mass is 269 g/mol. The van der Waals surface area contributed by atoms with Crippen molar-refractivity contribution in [3.63, 3.8) is 0 Å². The molecule has 0 spiro atoms. The van der Waals surface area contributed by atoms with Gasteiger partial charge < -0.3 is 10.1 Å². The van der Waals surface area contributed by atoms with E-state index in [1.165, 1.54) is 22.3 Å². The van der Waals surface area contributed by atoms with Crippen LogP contribution in [0.2, 0.25) is 0 Å². The third-order valence-electron chi connectivity index (χ3n) is 3.87. The Hall–Kier alpha value is -1.80. The summed E-state index contributed by atoms with van der Waals surface area (Å²) in [7, 11) is 3.72. The van der Waals surface area contributed by atoms with Gasteiger partial charge in [-0.15, -0.1) is 0 Å². The summed E-state index contributed by atoms with van der Waals surface area (Å²) >= 11 is 0. The smallest absolute Gasteiger partial charge is 0.123 e. The second kappa shape index (κ2) is 6.58.